The summed E-state index contributed by atoms with van der Waals surface area (Å²) in [4.78, 5) is 10.9. The lowest BCUT2D eigenvalue weighted by atomic mass is 10.1. The number of rotatable bonds is 3. The van der Waals surface area contributed by atoms with Gasteiger partial charge in [0.25, 0.3) is 0 Å². The van der Waals surface area contributed by atoms with Gasteiger partial charge in [-0.1, -0.05) is 30.3 Å². The van der Waals surface area contributed by atoms with E-state index >= 15 is 0 Å². The zero-order valence-corrected chi connectivity index (χ0v) is 7.90. The maximum atomic E-state index is 10.9. The van der Waals surface area contributed by atoms with Crippen LogP contribution >= 0.6 is 0 Å². The smallest absolute Gasteiger partial charge is 0.196 e. The monoisotopic (exact) mass is 188 g/mol. The van der Waals surface area contributed by atoms with Gasteiger partial charge in [0.1, 0.15) is 5.76 Å². The molecule has 1 aliphatic rings. The van der Waals surface area contributed by atoms with Crippen molar-refractivity contribution in [2.45, 2.75) is 12.8 Å². The Morgan fingerprint density at radius 3 is 2.57 bits per heavy atom. The molecule has 2 heteroatoms. The normalized spacial score (nSPS) is 15.1. The topological polar surface area (TPSA) is 26.3 Å². The van der Waals surface area contributed by atoms with Crippen molar-refractivity contribution < 1.29 is 9.53 Å². The highest BCUT2D eigenvalue weighted by atomic mass is 16.5. The van der Waals surface area contributed by atoms with Gasteiger partial charge in [0, 0.05) is 12.5 Å². The third-order valence-electron chi connectivity index (χ3n) is 2.22. The van der Waals surface area contributed by atoms with Crippen molar-refractivity contribution in [2.75, 3.05) is 6.61 Å². The SMILES string of the molecule is O=C1C=C(CCc2ccccc2)OC1. The van der Waals surface area contributed by atoms with Gasteiger partial charge in [-0.25, -0.2) is 0 Å². The van der Waals surface area contributed by atoms with Gasteiger partial charge < -0.3 is 4.74 Å². The molecule has 1 aliphatic heterocycles. The zero-order chi connectivity index (χ0) is 9.80. The van der Waals surface area contributed by atoms with Crippen LogP contribution in [0, 0.1) is 0 Å². The number of ketones is 1. The van der Waals surface area contributed by atoms with Gasteiger partial charge in [-0.05, 0) is 12.0 Å². The second-order valence-electron chi connectivity index (χ2n) is 3.35. The molecule has 72 valence electrons. The van der Waals surface area contributed by atoms with Gasteiger partial charge >= 0.3 is 0 Å². The molecular weight excluding hydrogens is 176 g/mol. The fraction of sp³-hybridized carbons (Fsp3) is 0.250. The Hall–Kier alpha value is -1.57. The molecule has 0 aliphatic carbocycles. The number of allylic oxidation sites excluding steroid dienone is 1. The third kappa shape index (κ3) is 2.22. The number of carbonyl (C=O) groups excluding carboxylic acids is 1. The Labute approximate surface area is 83.2 Å². The van der Waals surface area contributed by atoms with Crippen molar-refractivity contribution in [1.82, 2.24) is 0 Å². The Morgan fingerprint density at radius 1 is 1.14 bits per heavy atom. The minimum absolute atomic E-state index is 0.0769. The van der Waals surface area contributed by atoms with Crippen LogP contribution in [0.15, 0.2) is 42.2 Å². The van der Waals surface area contributed by atoms with Crippen LogP contribution in [0.5, 0.6) is 0 Å². The molecule has 0 radical (unpaired) electrons. The van der Waals surface area contributed by atoms with E-state index in [9.17, 15) is 4.79 Å². The molecule has 0 spiro atoms. The number of hydrogen-bond acceptors (Lipinski definition) is 2. The van der Waals surface area contributed by atoms with Crippen LogP contribution in [0.1, 0.15) is 12.0 Å². The first-order valence-corrected chi connectivity index (χ1v) is 4.75. The van der Waals surface area contributed by atoms with Crippen LogP contribution in [-0.2, 0) is 16.0 Å². The molecule has 14 heavy (non-hydrogen) atoms. The minimum atomic E-state index is 0.0769. The summed E-state index contributed by atoms with van der Waals surface area (Å²) in [6.45, 7) is 0.226. The first-order valence-electron chi connectivity index (χ1n) is 4.75. The lowest BCUT2D eigenvalue weighted by molar-refractivity contribution is -0.115. The van der Waals surface area contributed by atoms with Gasteiger partial charge in [-0.15, -0.1) is 0 Å². The number of aryl methyl sites for hydroxylation is 1. The molecule has 1 heterocycles. The summed E-state index contributed by atoms with van der Waals surface area (Å²) in [5.41, 5.74) is 1.27. The largest absolute Gasteiger partial charge is 0.490 e. The van der Waals surface area contributed by atoms with E-state index < -0.39 is 0 Å². The van der Waals surface area contributed by atoms with Gasteiger partial charge in [0.2, 0.25) is 0 Å². The molecule has 0 amide bonds. The highest BCUT2D eigenvalue weighted by Crippen LogP contribution is 2.14. The van der Waals surface area contributed by atoms with Crippen molar-refractivity contribution in [1.29, 1.82) is 0 Å². The number of ether oxygens (including phenoxy) is 1. The van der Waals surface area contributed by atoms with E-state index in [2.05, 4.69) is 12.1 Å². The minimum Gasteiger partial charge on any atom is -0.490 e. The number of carbonyl (C=O) groups is 1. The van der Waals surface area contributed by atoms with E-state index in [-0.39, 0.29) is 12.4 Å². The van der Waals surface area contributed by atoms with E-state index in [0.717, 1.165) is 18.6 Å². The predicted octanol–water partition coefficient (Wildman–Crippen LogP) is 2.10. The van der Waals surface area contributed by atoms with Gasteiger partial charge in [-0.3, -0.25) is 4.79 Å². The Balaban J connectivity index is 1.89. The van der Waals surface area contributed by atoms with Crippen molar-refractivity contribution in [2.24, 2.45) is 0 Å². The third-order valence-corrected chi connectivity index (χ3v) is 2.22. The van der Waals surface area contributed by atoms with E-state index in [1.807, 2.05) is 18.2 Å². The van der Waals surface area contributed by atoms with E-state index in [4.69, 9.17) is 4.74 Å². The lowest BCUT2D eigenvalue weighted by Crippen LogP contribution is -1.93. The molecule has 1 aromatic carbocycles. The van der Waals surface area contributed by atoms with E-state index in [1.165, 1.54) is 5.56 Å². The van der Waals surface area contributed by atoms with Gasteiger partial charge in [0.05, 0.1) is 0 Å². The maximum absolute atomic E-state index is 10.9. The molecule has 0 saturated carbocycles. The van der Waals surface area contributed by atoms with Gasteiger partial charge in [-0.2, -0.15) is 0 Å². The first kappa shape index (κ1) is 9.00. The molecule has 2 nitrogen and oxygen atoms in total. The van der Waals surface area contributed by atoms with E-state index in [0.29, 0.717) is 0 Å². The second-order valence-corrected chi connectivity index (χ2v) is 3.35. The summed E-state index contributed by atoms with van der Waals surface area (Å²) >= 11 is 0. The maximum Gasteiger partial charge on any atom is 0.196 e. The fourth-order valence-electron chi connectivity index (χ4n) is 1.48. The number of benzene rings is 1. The summed E-state index contributed by atoms with van der Waals surface area (Å²) in [5, 5.41) is 0. The summed E-state index contributed by atoms with van der Waals surface area (Å²) < 4.78 is 5.20. The standard InChI is InChI=1S/C12H12O2/c13-11-8-12(14-9-11)7-6-10-4-2-1-3-5-10/h1-5,8H,6-7,9H2. The number of hydrogen-bond donors (Lipinski definition) is 0. The average Bonchev–Trinajstić information content (AvgIpc) is 2.63. The van der Waals surface area contributed by atoms with Crippen molar-refractivity contribution >= 4 is 5.78 Å². The van der Waals surface area contributed by atoms with Crippen LogP contribution in [0.2, 0.25) is 0 Å². The quantitative estimate of drug-likeness (QED) is 0.726. The highest BCUT2D eigenvalue weighted by molar-refractivity contribution is 5.92. The fourth-order valence-corrected chi connectivity index (χ4v) is 1.48. The summed E-state index contributed by atoms with van der Waals surface area (Å²) in [5.74, 6) is 0.895. The van der Waals surface area contributed by atoms with Crippen LogP contribution < -0.4 is 0 Å². The van der Waals surface area contributed by atoms with Crippen LogP contribution in [0.25, 0.3) is 0 Å². The van der Waals surface area contributed by atoms with Crippen molar-refractivity contribution in [3.8, 4) is 0 Å². The zero-order valence-electron chi connectivity index (χ0n) is 7.90. The van der Waals surface area contributed by atoms with Crippen LogP contribution in [0.3, 0.4) is 0 Å². The Morgan fingerprint density at radius 2 is 1.93 bits per heavy atom. The van der Waals surface area contributed by atoms with Crippen LogP contribution in [0.4, 0.5) is 0 Å². The van der Waals surface area contributed by atoms with Crippen molar-refractivity contribution in [3.63, 3.8) is 0 Å². The molecule has 0 aromatic heterocycles. The molecule has 1 aromatic rings. The predicted molar refractivity (Wildman–Crippen MR) is 53.8 cm³/mol. The van der Waals surface area contributed by atoms with Crippen LogP contribution in [-0.4, -0.2) is 12.4 Å². The molecular formula is C12H12O2. The molecule has 0 unspecified atom stereocenters. The second kappa shape index (κ2) is 4.09. The first-order chi connectivity index (χ1) is 6.84. The molecule has 0 bridgehead atoms. The van der Waals surface area contributed by atoms with Gasteiger partial charge in [0.15, 0.2) is 12.4 Å². The average molecular weight is 188 g/mol. The molecule has 0 fully saturated rings. The summed E-state index contributed by atoms with van der Waals surface area (Å²) in [6.07, 6.45) is 3.35. The highest BCUT2D eigenvalue weighted by Gasteiger charge is 2.12. The molecule has 2 rings (SSSR count). The summed E-state index contributed by atoms with van der Waals surface area (Å²) in [6, 6.07) is 10.2. The van der Waals surface area contributed by atoms with Crippen molar-refractivity contribution in [3.05, 3.63) is 47.7 Å². The molecule has 0 saturated heterocycles. The molecule has 0 atom stereocenters. The lowest BCUT2D eigenvalue weighted by Gasteiger charge is -2.02. The Bertz CT molecular complexity index is 352. The Kier molecular flexibility index (Phi) is 2.63. The van der Waals surface area contributed by atoms with E-state index in [1.54, 1.807) is 6.08 Å². The summed E-state index contributed by atoms with van der Waals surface area (Å²) in [7, 11) is 0. The molecule has 0 N–H and O–H groups in total.